The lowest BCUT2D eigenvalue weighted by molar-refractivity contribution is -0.385. The zero-order chi connectivity index (χ0) is 17.3. The molecule has 9 heteroatoms. The molecule has 2 N–H and O–H groups in total. The zero-order valence-electron chi connectivity index (χ0n) is 13.0. The smallest absolute Gasteiger partial charge is 0.322 e. The van der Waals surface area contributed by atoms with Crippen molar-refractivity contribution >= 4 is 11.6 Å². The van der Waals surface area contributed by atoms with Gasteiger partial charge in [0.15, 0.2) is 0 Å². The number of piperazine rings is 1. The highest BCUT2D eigenvalue weighted by Crippen LogP contribution is 2.28. The molecule has 0 aliphatic carbocycles. The van der Waals surface area contributed by atoms with Crippen molar-refractivity contribution in [3.8, 4) is 0 Å². The Morgan fingerprint density at radius 1 is 1.50 bits per heavy atom. The number of aryl methyl sites for hydroxylation is 1. The van der Waals surface area contributed by atoms with E-state index in [0.29, 0.717) is 25.2 Å². The largest absolute Gasteiger partial charge is 0.327 e. The van der Waals surface area contributed by atoms with Gasteiger partial charge in [-0.3, -0.25) is 20.0 Å². The SMILES string of the molecule is Cc1[nH]nc(C(=O)N2CCNCC2c2cccc(F)c2)c1[N+](=O)[O-]. The Kier molecular flexibility index (Phi) is 4.26. The summed E-state index contributed by atoms with van der Waals surface area (Å²) in [5.41, 5.74) is 0.309. The van der Waals surface area contributed by atoms with Crippen molar-refractivity contribution in [1.29, 1.82) is 0 Å². The van der Waals surface area contributed by atoms with Gasteiger partial charge in [0, 0.05) is 19.6 Å². The third-order valence-corrected chi connectivity index (χ3v) is 4.04. The molecule has 0 bridgehead atoms. The normalized spacial score (nSPS) is 17.8. The Hall–Kier alpha value is -2.81. The molecule has 1 aromatic heterocycles. The van der Waals surface area contributed by atoms with Gasteiger partial charge in [-0.15, -0.1) is 0 Å². The Morgan fingerprint density at radius 2 is 2.29 bits per heavy atom. The Bertz CT molecular complexity index is 791. The van der Waals surface area contributed by atoms with E-state index in [1.807, 2.05) is 0 Å². The Morgan fingerprint density at radius 3 is 3.00 bits per heavy atom. The number of hydrogen-bond donors (Lipinski definition) is 2. The van der Waals surface area contributed by atoms with Crippen molar-refractivity contribution in [2.45, 2.75) is 13.0 Å². The van der Waals surface area contributed by atoms with Gasteiger partial charge in [0.05, 0.1) is 11.0 Å². The van der Waals surface area contributed by atoms with Crippen molar-refractivity contribution in [3.05, 3.63) is 57.1 Å². The van der Waals surface area contributed by atoms with Gasteiger partial charge < -0.3 is 10.2 Å². The summed E-state index contributed by atoms with van der Waals surface area (Å²) in [6.07, 6.45) is 0. The molecule has 1 aliphatic heterocycles. The van der Waals surface area contributed by atoms with Crippen LogP contribution in [-0.2, 0) is 0 Å². The molecule has 1 amide bonds. The minimum Gasteiger partial charge on any atom is -0.327 e. The molecule has 3 rings (SSSR count). The summed E-state index contributed by atoms with van der Waals surface area (Å²) in [7, 11) is 0. The van der Waals surface area contributed by atoms with Gasteiger partial charge in [-0.05, 0) is 24.6 Å². The second-order valence-electron chi connectivity index (χ2n) is 5.58. The molecule has 2 heterocycles. The molecule has 1 unspecified atom stereocenters. The van der Waals surface area contributed by atoms with Crippen molar-refractivity contribution < 1.29 is 14.1 Å². The number of aromatic amines is 1. The number of aromatic nitrogens is 2. The number of carbonyl (C=O) groups is 1. The lowest BCUT2D eigenvalue weighted by Crippen LogP contribution is -2.48. The maximum atomic E-state index is 13.5. The number of nitrogens with zero attached hydrogens (tertiary/aromatic N) is 3. The van der Waals surface area contributed by atoms with Crippen LogP contribution in [0.4, 0.5) is 10.1 Å². The molecule has 0 radical (unpaired) electrons. The molecule has 2 aromatic rings. The first kappa shape index (κ1) is 16.1. The predicted molar refractivity (Wildman–Crippen MR) is 83.0 cm³/mol. The van der Waals surface area contributed by atoms with E-state index in [1.165, 1.54) is 24.0 Å². The molecule has 1 aromatic carbocycles. The van der Waals surface area contributed by atoms with Crippen molar-refractivity contribution in [1.82, 2.24) is 20.4 Å². The van der Waals surface area contributed by atoms with Gasteiger partial charge in [0.1, 0.15) is 11.5 Å². The molecule has 1 fully saturated rings. The van der Waals surface area contributed by atoms with Crippen molar-refractivity contribution in [2.24, 2.45) is 0 Å². The van der Waals surface area contributed by atoms with E-state index in [-0.39, 0.29) is 17.1 Å². The number of hydrogen-bond acceptors (Lipinski definition) is 5. The van der Waals surface area contributed by atoms with Crippen LogP contribution < -0.4 is 5.32 Å². The van der Waals surface area contributed by atoms with Crippen LogP contribution in [-0.4, -0.2) is 45.6 Å². The lowest BCUT2D eigenvalue weighted by Gasteiger charge is -2.36. The van der Waals surface area contributed by atoms with Gasteiger partial charge in [-0.25, -0.2) is 4.39 Å². The molecule has 1 aliphatic rings. The molecule has 8 nitrogen and oxygen atoms in total. The van der Waals surface area contributed by atoms with E-state index in [1.54, 1.807) is 12.1 Å². The first-order chi connectivity index (χ1) is 11.5. The topological polar surface area (TPSA) is 104 Å². The monoisotopic (exact) mass is 333 g/mol. The Balaban J connectivity index is 1.96. The van der Waals surface area contributed by atoms with E-state index >= 15 is 0 Å². The summed E-state index contributed by atoms with van der Waals surface area (Å²) in [4.78, 5) is 24.9. The van der Waals surface area contributed by atoms with E-state index in [9.17, 15) is 19.3 Å². The van der Waals surface area contributed by atoms with E-state index in [0.717, 1.165) is 0 Å². The fourth-order valence-electron chi connectivity index (χ4n) is 2.89. The second-order valence-corrected chi connectivity index (χ2v) is 5.58. The van der Waals surface area contributed by atoms with Crippen LogP contribution in [0.1, 0.15) is 27.8 Å². The number of H-pyrrole nitrogens is 1. The summed E-state index contributed by atoms with van der Waals surface area (Å²) >= 11 is 0. The van der Waals surface area contributed by atoms with Crippen LogP contribution in [0, 0.1) is 22.9 Å². The lowest BCUT2D eigenvalue weighted by atomic mass is 10.0. The summed E-state index contributed by atoms with van der Waals surface area (Å²) in [6.45, 7) is 2.83. The number of halogens is 1. The molecular formula is C15H16FN5O3. The van der Waals surface area contributed by atoms with Crippen LogP contribution in [0.2, 0.25) is 0 Å². The van der Waals surface area contributed by atoms with Gasteiger partial charge in [-0.2, -0.15) is 5.10 Å². The van der Waals surface area contributed by atoms with Gasteiger partial charge in [0.2, 0.25) is 5.69 Å². The maximum Gasteiger partial charge on any atom is 0.322 e. The first-order valence-corrected chi connectivity index (χ1v) is 7.45. The third-order valence-electron chi connectivity index (χ3n) is 4.04. The minimum atomic E-state index is -0.620. The van der Waals surface area contributed by atoms with Gasteiger partial charge in [0.25, 0.3) is 5.91 Å². The number of benzene rings is 1. The van der Waals surface area contributed by atoms with Gasteiger partial charge in [-0.1, -0.05) is 12.1 Å². The highest BCUT2D eigenvalue weighted by Gasteiger charge is 2.35. The van der Waals surface area contributed by atoms with Crippen molar-refractivity contribution in [3.63, 3.8) is 0 Å². The molecule has 24 heavy (non-hydrogen) atoms. The quantitative estimate of drug-likeness (QED) is 0.655. The Labute approximate surface area is 136 Å². The van der Waals surface area contributed by atoms with Crippen molar-refractivity contribution in [2.75, 3.05) is 19.6 Å². The number of nitro groups is 1. The van der Waals surface area contributed by atoms with Crippen LogP contribution in [0.25, 0.3) is 0 Å². The van der Waals surface area contributed by atoms with Crippen LogP contribution in [0.5, 0.6) is 0 Å². The van der Waals surface area contributed by atoms with Gasteiger partial charge >= 0.3 is 5.69 Å². The number of nitrogens with one attached hydrogen (secondary N) is 2. The molecule has 1 saturated heterocycles. The fraction of sp³-hybridized carbons (Fsp3) is 0.333. The molecule has 0 saturated carbocycles. The molecule has 1 atom stereocenters. The number of carbonyl (C=O) groups excluding carboxylic acids is 1. The van der Waals surface area contributed by atoms with Crippen LogP contribution in [0.3, 0.4) is 0 Å². The summed E-state index contributed by atoms with van der Waals surface area (Å²) in [6, 6.07) is 5.57. The summed E-state index contributed by atoms with van der Waals surface area (Å²) in [5.74, 6) is -0.936. The van der Waals surface area contributed by atoms with Crippen LogP contribution >= 0.6 is 0 Å². The summed E-state index contributed by atoms with van der Waals surface area (Å²) < 4.78 is 13.5. The highest BCUT2D eigenvalue weighted by molar-refractivity contribution is 5.97. The molecule has 126 valence electrons. The zero-order valence-corrected chi connectivity index (χ0v) is 13.0. The average Bonchev–Trinajstić information content (AvgIpc) is 2.96. The van der Waals surface area contributed by atoms with E-state index in [4.69, 9.17) is 0 Å². The fourth-order valence-corrected chi connectivity index (χ4v) is 2.89. The third kappa shape index (κ3) is 2.85. The second kappa shape index (κ2) is 6.36. The predicted octanol–water partition coefficient (Wildman–Crippen LogP) is 1.55. The molecular weight excluding hydrogens is 317 g/mol. The number of amides is 1. The summed E-state index contributed by atoms with van der Waals surface area (Å²) in [5, 5.41) is 20.6. The minimum absolute atomic E-state index is 0.221. The first-order valence-electron chi connectivity index (χ1n) is 7.45. The molecule has 0 spiro atoms. The van der Waals surface area contributed by atoms with E-state index < -0.39 is 22.7 Å². The number of rotatable bonds is 3. The maximum absolute atomic E-state index is 13.5. The van der Waals surface area contributed by atoms with Crippen LogP contribution in [0.15, 0.2) is 24.3 Å². The average molecular weight is 333 g/mol. The highest BCUT2D eigenvalue weighted by atomic mass is 19.1. The van der Waals surface area contributed by atoms with E-state index in [2.05, 4.69) is 15.5 Å². The standard InChI is InChI=1S/C15H16FN5O3/c1-9-14(21(23)24)13(19-18-9)15(22)20-6-5-17-8-12(20)10-3-2-4-11(16)7-10/h2-4,7,12,17H,5-6,8H2,1H3,(H,18,19).